The number of nitrogens with zero attached hydrogens (tertiary/aromatic N) is 1. The number of nitrogens with one attached hydrogen (secondary N) is 1. The molecule has 0 spiro atoms. The largest absolute Gasteiger partial charge is 0.436 e. The number of rotatable bonds is 5. The number of benzene rings is 3. The normalized spacial score (nSPS) is 10.9. The molecule has 29 heavy (non-hydrogen) atoms. The molecule has 0 aliphatic heterocycles. The van der Waals surface area contributed by atoms with Gasteiger partial charge in [-0.1, -0.05) is 68.4 Å². The molecule has 4 heteroatoms. The van der Waals surface area contributed by atoms with Crippen LogP contribution in [0.3, 0.4) is 0 Å². The minimum atomic E-state index is -0.197. The van der Waals surface area contributed by atoms with E-state index in [2.05, 4.69) is 24.1 Å². The van der Waals surface area contributed by atoms with Gasteiger partial charge in [-0.05, 0) is 35.7 Å². The van der Waals surface area contributed by atoms with Crippen LogP contribution >= 0.6 is 0 Å². The predicted molar refractivity (Wildman–Crippen MR) is 116 cm³/mol. The molecule has 0 unspecified atom stereocenters. The van der Waals surface area contributed by atoms with Crippen LogP contribution in [0.1, 0.15) is 35.7 Å². The van der Waals surface area contributed by atoms with Crippen molar-refractivity contribution in [1.29, 1.82) is 0 Å². The summed E-state index contributed by atoms with van der Waals surface area (Å²) in [6, 6.07) is 25.0. The average Bonchev–Trinajstić information content (AvgIpc) is 3.25. The fraction of sp³-hybridized carbons (Fsp3) is 0.120. The van der Waals surface area contributed by atoms with Crippen molar-refractivity contribution >= 4 is 11.6 Å². The molecule has 0 bridgehead atoms. The number of hydrogen-bond acceptors (Lipinski definition) is 3. The second-order valence-corrected chi connectivity index (χ2v) is 7.17. The molecular formula is C25H22N2O2. The Kier molecular flexibility index (Phi) is 5.25. The van der Waals surface area contributed by atoms with Crippen molar-refractivity contribution in [2.45, 2.75) is 19.8 Å². The highest BCUT2D eigenvalue weighted by atomic mass is 16.4. The highest BCUT2D eigenvalue weighted by Gasteiger charge is 2.17. The maximum atomic E-state index is 12.9. The minimum Gasteiger partial charge on any atom is -0.436 e. The molecule has 144 valence electrons. The lowest BCUT2D eigenvalue weighted by Gasteiger charge is -2.10. The van der Waals surface area contributed by atoms with Crippen LogP contribution in [-0.4, -0.2) is 10.9 Å². The van der Waals surface area contributed by atoms with Gasteiger partial charge in [-0.2, -0.15) is 0 Å². The summed E-state index contributed by atoms with van der Waals surface area (Å²) in [5, 5.41) is 2.96. The van der Waals surface area contributed by atoms with Crippen LogP contribution in [-0.2, 0) is 0 Å². The van der Waals surface area contributed by atoms with Crippen molar-refractivity contribution in [3.05, 3.63) is 96.2 Å². The van der Waals surface area contributed by atoms with Gasteiger partial charge in [0.2, 0.25) is 5.89 Å². The van der Waals surface area contributed by atoms with E-state index in [0.29, 0.717) is 28.7 Å². The van der Waals surface area contributed by atoms with E-state index in [-0.39, 0.29) is 5.91 Å². The van der Waals surface area contributed by atoms with E-state index < -0.39 is 0 Å². The zero-order valence-corrected chi connectivity index (χ0v) is 16.4. The van der Waals surface area contributed by atoms with Crippen LogP contribution < -0.4 is 5.32 Å². The maximum absolute atomic E-state index is 12.9. The topological polar surface area (TPSA) is 55.1 Å². The lowest BCUT2D eigenvalue weighted by atomic mass is 10.0. The van der Waals surface area contributed by atoms with Crippen LogP contribution in [0.15, 0.2) is 89.5 Å². The van der Waals surface area contributed by atoms with E-state index in [1.165, 1.54) is 5.56 Å². The molecule has 0 aliphatic rings. The highest BCUT2D eigenvalue weighted by molar-refractivity contribution is 6.08. The molecule has 0 radical (unpaired) electrons. The van der Waals surface area contributed by atoms with Gasteiger partial charge in [-0.15, -0.1) is 0 Å². The fourth-order valence-corrected chi connectivity index (χ4v) is 3.15. The zero-order chi connectivity index (χ0) is 20.2. The van der Waals surface area contributed by atoms with Gasteiger partial charge in [0.05, 0.1) is 11.8 Å². The summed E-state index contributed by atoms with van der Waals surface area (Å²) in [5.74, 6) is 1.34. The molecule has 3 aromatic carbocycles. The summed E-state index contributed by atoms with van der Waals surface area (Å²) >= 11 is 0. The summed E-state index contributed by atoms with van der Waals surface area (Å²) in [6.45, 7) is 4.29. The molecule has 4 aromatic rings. The molecule has 1 aromatic heterocycles. The number of carbonyl (C=O) groups is 1. The number of oxazole rings is 1. The van der Waals surface area contributed by atoms with Crippen LogP contribution in [0.4, 0.5) is 5.69 Å². The molecular weight excluding hydrogens is 360 g/mol. The molecule has 0 saturated heterocycles. The smallest absolute Gasteiger partial charge is 0.256 e. The average molecular weight is 382 g/mol. The lowest BCUT2D eigenvalue weighted by Crippen LogP contribution is -2.13. The van der Waals surface area contributed by atoms with Crippen molar-refractivity contribution in [2.75, 3.05) is 5.32 Å². The molecule has 0 atom stereocenters. The van der Waals surface area contributed by atoms with Crippen molar-refractivity contribution in [3.8, 4) is 22.8 Å². The van der Waals surface area contributed by atoms with Crippen molar-refractivity contribution in [2.24, 2.45) is 0 Å². The Morgan fingerprint density at radius 2 is 1.59 bits per heavy atom. The summed E-state index contributed by atoms with van der Waals surface area (Å²) in [6.07, 6.45) is 1.68. The van der Waals surface area contributed by atoms with Crippen molar-refractivity contribution < 1.29 is 9.21 Å². The maximum Gasteiger partial charge on any atom is 0.256 e. The standard InChI is InChI=1S/C25H22N2O2/c1-17(2)18-12-14-20(15-13-18)27-24(28)21-10-6-7-11-22(21)25-26-16-23(29-25)19-8-4-3-5-9-19/h3-17H,1-2H3,(H,27,28). The van der Waals surface area contributed by atoms with E-state index in [4.69, 9.17) is 4.42 Å². The van der Waals surface area contributed by atoms with Crippen LogP contribution in [0.25, 0.3) is 22.8 Å². The summed E-state index contributed by atoms with van der Waals surface area (Å²) in [7, 11) is 0. The first-order valence-electron chi connectivity index (χ1n) is 9.64. The Morgan fingerprint density at radius 3 is 2.31 bits per heavy atom. The monoisotopic (exact) mass is 382 g/mol. The zero-order valence-electron chi connectivity index (χ0n) is 16.4. The number of carbonyl (C=O) groups excluding carboxylic acids is 1. The fourth-order valence-electron chi connectivity index (χ4n) is 3.15. The number of anilines is 1. The van der Waals surface area contributed by atoms with Gasteiger partial charge in [0.15, 0.2) is 5.76 Å². The van der Waals surface area contributed by atoms with Gasteiger partial charge >= 0.3 is 0 Å². The van der Waals surface area contributed by atoms with E-state index in [1.807, 2.05) is 72.8 Å². The number of hydrogen-bond donors (Lipinski definition) is 1. The SMILES string of the molecule is CC(C)c1ccc(NC(=O)c2ccccc2-c2ncc(-c3ccccc3)o2)cc1. The Bertz CT molecular complexity index is 1110. The van der Waals surface area contributed by atoms with Crippen LogP contribution in [0.2, 0.25) is 0 Å². The highest BCUT2D eigenvalue weighted by Crippen LogP contribution is 2.28. The second-order valence-electron chi connectivity index (χ2n) is 7.17. The third-order valence-corrected chi connectivity index (χ3v) is 4.80. The van der Waals surface area contributed by atoms with E-state index in [0.717, 1.165) is 11.3 Å². The molecule has 1 amide bonds. The van der Waals surface area contributed by atoms with Gasteiger partial charge in [0.1, 0.15) is 0 Å². The van der Waals surface area contributed by atoms with Crippen LogP contribution in [0, 0.1) is 0 Å². The molecule has 1 heterocycles. The van der Waals surface area contributed by atoms with Gasteiger partial charge < -0.3 is 9.73 Å². The van der Waals surface area contributed by atoms with Gasteiger partial charge in [0.25, 0.3) is 5.91 Å². The Balaban J connectivity index is 1.60. The number of aromatic nitrogens is 1. The van der Waals surface area contributed by atoms with Gasteiger partial charge in [-0.25, -0.2) is 4.98 Å². The quantitative estimate of drug-likeness (QED) is 0.435. The van der Waals surface area contributed by atoms with E-state index in [1.54, 1.807) is 12.3 Å². The first kappa shape index (κ1) is 18.7. The van der Waals surface area contributed by atoms with E-state index >= 15 is 0 Å². The van der Waals surface area contributed by atoms with Gasteiger partial charge in [-0.3, -0.25) is 4.79 Å². The molecule has 4 rings (SSSR count). The van der Waals surface area contributed by atoms with Gasteiger partial charge in [0, 0.05) is 16.8 Å². The first-order valence-corrected chi connectivity index (χ1v) is 9.64. The van der Waals surface area contributed by atoms with Crippen molar-refractivity contribution in [3.63, 3.8) is 0 Å². The first-order chi connectivity index (χ1) is 14.1. The van der Waals surface area contributed by atoms with Crippen molar-refractivity contribution in [1.82, 2.24) is 4.98 Å². The molecule has 0 saturated carbocycles. The lowest BCUT2D eigenvalue weighted by molar-refractivity contribution is 0.102. The summed E-state index contributed by atoms with van der Waals surface area (Å²) < 4.78 is 5.95. The molecule has 0 aliphatic carbocycles. The van der Waals surface area contributed by atoms with E-state index in [9.17, 15) is 4.79 Å². The summed E-state index contributed by atoms with van der Waals surface area (Å²) in [4.78, 5) is 17.3. The minimum absolute atomic E-state index is 0.197. The molecule has 1 N–H and O–H groups in total. The Morgan fingerprint density at radius 1 is 0.897 bits per heavy atom. The summed E-state index contributed by atoms with van der Waals surface area (Å²) in [5.41, 5.74) is 4.11. The third-order valence-electron chi connectivity index (χ3n) is 4.80. The van der Waals surface area contributed by atoms with Crippen LogP contribution in [0.5, 0.6) is 0 Å². The Hall–Kier alpha value is -3.66. The number of amides is 1. The Labute approximate surface area is 170 Å². The second kappa shape index (κ2) is 8.15. The molecule has 4 nitrogen and oxygen atoms in total. The third kappa shape index (κ3) is 4.11. The predicted octanol–water partition coefficient (Wildman–Crippen LogP) is 6.38. The molecule has 0 fully saturated rings.